The maximum Gasteiger partial charge on any atom is 0.261 e. The van der Waals surface area contributed by atoms with Crippen LogP contribution in [0, 0.1) is 5.41 Å². The Labute approximate surface area is 133 Å². The van der Waals surface area contributed by atoms with Crippen LogP contribution in [0.3, 0.4) is 0 Å². The lowest BCUT2D eigenvalue weighted by Gasteiger charge is -2.07. The monoisotopic (exact) mass is 304 g/mol. The normalized spacial score (nSPS) is 10.4. The Morgan fingerprint density at radius 3 is 2.70 bits per heavy atom. The summed E-state index contributed by atoms with van der Waals surface area (Å²) in [5.41, 5.74) is 2.30. The van der Waals surface area contributed by atoms with Gasteiger partial charge < -0.3 is 9.73 Å². The fraction of sp³-hybridized carbons (Fsp3) is 0.0526. The fourth-order valence-electron chi connectivity index (χ4n) is 2.43. The number of rotatable bonds is 4. The van der Waals surface area contributed by atoms with Crippen LogP contribution in [-0.4, -0.2) is 5.91 Å². The molecule has 0 radical (unpaired) electrons. The summed E-state index contributed by atoms with van der Waals surface area (Å²) in [5.74, 6) is -0.360. The van der Waals surface area contributed by atoms with E-state index in [2.05, 4.69) is 11.9 Å². The van der Waals surface area contributed by atoms with Crippen molar-refractivity contribution < 1.29 is 9.21 Å². The Hall–Kier alpha value is -3.14. The summed E-state index contributed by atoms with van der Waals surface area (Å²) < 4.78 is 5.59. The SMILES string of the molecule is C=CCc1cccc2cc(C(=O)Nc3ccccc3)c(=N)oc12. The number of benzene rings is 2. The number of carbonyl (C=O) groups is 1. The van der Waals surface area contributed by atoms with Crippen LogP contribution in [0.1, 0.15) is 15.9 Å². The minimum atomic E-state index is -0.360. The Bertz CT molecular complexity index is 927. The van der Waals surface area contributed by atoms with Crippen LogP contribution >= 0.6 is 0 Å². The second-order valence-electron chi connectivity index (χ2n) is 5.14. The molecule has 3 rings (SSSR count). The van der Waals surface area contributed by atoms with Crippen molar-refractivity contribution in [1.29, 1.82) is 5.41 Å². The van der Waals surface area contributed by atoms with E-state index < -0.39 is 0 Å². The number of para-hydroxylation sites is 2. The number of allylic oxidation sites excluding steroid dienone is 1. The van der Waals surface area contributed by atoms with Gasteiger partial charge in [-0.2, -0.15) is 0 Å². The first-order valence-corrected chi connectivity index (χ1v) is 7.26. The van der Waals surface area contributed by atoms with Gasteiger partial charge >= 0.3 is 0 Å². The zero-order chi connectivity index (χ0) is 16.2. The number of fused-ring (bicyclic) bond motifs is 1. The first kappa shape index (κ1) is 14.8. The van der Waals surface area contributed by atoms with Gasteiger partial charge in [-0.1, -0.05) is 42.5 Å². The maximum absolute atomic E-state index is 12.4. The summed E-state index contributed by atoms with van der Waals surface area (Å²) >= 11 is 0. The van der Waals surface area contributed by atoms with Crippen LogP contribution in [0.4, 0.5) is 5.69 Å². The molecule has 114 valence electrons. The third-order valence-corrected chi connectivity index (χ3v) is 3.52. The maximum atomic E-state index is 12.4. The molecule has 0 saturated heterocycles. The van der Waals surface area contributed by atoms with Gasteiger partial charge in [0.25, 0.3) is 5.91 Å². The Balaban J connectivity index is 2.02. The summed E-state index contributed by atoms with van der Waals surface area (Å²) in [5, 5.41) is 11.6. The first-order valence-electron chi connectivity index (χ1n) is 7.26. The minimum absolute atomic E-state index is 0.151. The molecular formula is C19H16N2O2. The van der Waals surface area contributed by atoms with Crippen LogP contribution < -0.4 is 10.9 Å². The highest BCUT2D eigenvalue weighted by Gasteiger charge is 2.13. The molecule has 0 fully saturated rings. The molecule has 0 aliphatic heterocycles. The van der Waals surface area contributed by atoms with E-state index in [0.717, 1.165) is 10.9 Å². The Morgan fingerprint density at radius 2 is 1.96 bits per heavy atom. The van der Waals surface area contributed by atoms with E-state index in [0.29, 0.717) is 17.7 Å². The zero-order valence-corrected chi connectivity index (χ0v) is 12.5. The molecule has 0 saturated carbocycles. The summed E-state index contributed by atoms with van der Waals surface area (Å²) in [7, 11) is 0. The zero-order valence-electron chi connectivity index (χ0n) is 12.5. The van der Waals surface area contributed by atoms with Crippen LogP contribution in [0.5, 0.6) is 0 Å². The Kier molecular flexibility index (Phi) is 4.06. The van der Waals surface area contributed by atoms with Crippen molar-refractivity contribution in [1.82, 2.24) is 0 Å². The molecule has 4 heteroatoms. The average molecular weight is 304 g/mol. The van der Waals surface area contributed by atoms with Gasteiger partial charge in [0.15, 0.2) is 0 Å². The highest BCUT2D eigenvalue weighted by atomic mass is 16.3. The van der Waals surface area contributed by atoms with Crippen molar-refractivity contribution in [3.63, 3.8) is 0 Å². The van der Waals surface area contributed by atoms with Gasteiger partial charge in [-0.3, -0.25) is 10.2 Å². The van der Waals surface area contributed by atoms with Gasteiger partial charge in [0.2, 0.25) is 5.55 Å². The largest absolute Gasteiger partial charge is 0.438 e. The highest BCUT2D eigenvalue weighted by Crippen LogP contribution is 2.19. The van der Waals surface area contributed by atoms with E-state index in [1.165, 1.54) is 0 Å². The van der Waals surface area contributed by atoms with Crippen LogP contribution in [-0.2, 0) is 6.42 Å². The van der Waals surface area contributed by atoms with Crippen molar-refractivity contribution >= 4 is 22.6 Å². The van der Waals surface area contributed by atoms with Gasteiger partial charge in [0.05, 0.1) is 0 Å². The molecule has 2 aromatic carbocycles. The van der Waals surface area contributed by atoms with Crippen LogP contribution in [0.2, 0.25) is 0 Å². The predicted molar refractivity (Wildman–Crippen MR) is 90.4 cm³/mol. The molecule has 1 heterocycles. The molecule has 4 nitrogen and oxygen atoms in total. The molecule has 0 aliphatic carbocycles. The number of anilines is 1. The van der Waals surface area contributed by atoms with Crippen molar-refractivity contribution in [3.8, 4) is 0 Å². The number of hydrogen-bond acceptors (Lipinski definition) is 3. The molecule has 1 aromatic heterocycles. The molecule has 1 amide bonds. The van der Waals surface area contributed by atoms with Crippen molar-refractivity contribution in [2.75, 3.05) is 5.32 Å². The molecule has 23 heavy (non-hydrogen) atoms. The number of nitrogens with one attached hydrogen (secondary N) is 2. The van der Waals surface area contributed by atoms with E-state index in [4.69, 9.17) is 9.83 Å². The van der Waals surface area contributed by atoms with Gasteiger partial charge in [-0.25, -0.2) is 0 Å². The van der Waals surface area contributed by atoms with E-state index in [9.17, 15) is 4.79 Å². The molecule has 0 bridgehead atoms. The third kappa shape index (κ3) is 3.06. The molecule has 3 aromatic rings. The molecule has 0 spiro atoms. The lowest BCUT2D eigenvalue weighted by Crippen LogP contribution is -2.20. The standard InChI is InChI=1S/C19H16N2O2/c1-2-7-13-8-6-9-14-12-16(18(20)23-17(13)14)19(22)21-15-10-4-3-5-11-15/h2-6,8-12,20H,1,7H2,(H,21,22). The van der Waals surface area contributed by atoms with Crippen molar-refractivity contribution in [3.05, 3.63) is 83.9 Å². The summed E-state index contributed by atoms with van der Waals surface area (Å²) in [4.78, 5) is 12.4. The van der Waals surface area contributed by atoms with Crippen molar-refractivity contribution in [2.45, 2.75) is 6.42 Å². The lowest BCUT2D eigenvalue weighted by molar-refractivity contribution is 0.102. The van der Waals surface area contributed by atoms with Gasteiger partial charge in [-0.15, -0.1) is 6.58 Å². The van der Waals surface area contributed by atoms with Crippen LogP contribution in [0.25, 0.3) is 11.0 Å². The average Bonchev–Trinajstić information content (AvgIpc) is 2.56. The van der Waals surface area contributed by atoms with Gasteiger partial charge in [0, 0.05) is 11.1 Å². The summed E-state index contributed by atoms with van der Waals surface area (Å²) in [6, 6.07) is 16.5. The van der Waals surface area contributed by atoms with E-state index >= 15 is 0 Å². The minimum Gasteiger partial charge on any atom is -0.438 e. The van der Waals surface area contributed by atoms with Gasteiger partial charge in [-0.05, 0) is 30.2 Å². The van der Waals surface area contributed by atoms with Crippen molar-refractivity contribution in [2.24, 2.45) is 0 Å². The molecule has 2 N–H and O–H groups in total. The number of hydrogen-bond donors (Lipinski definition) is 2. The quantitative estimate of drug-likeness (QED) is 0.718. The molecular weight excluding hydrogens is 288 g/mol. The number of amides is 1. The summed E-state index contributed by atoms with van der Waals surface area (Å²) in [6.45, 7) is 3.73. The lowest BCUT2D eigenvalue weighted by atomic mass is 10.1. The predicted octanol–water partition coefficient (Wildman–Crippen LogP) is 3.89. The third-order valence-electron chi connectivity index (χ3n) is 3.52. The van der Waals surface area contributed by atoms with E-state index in [-0.39, 0.29) is 17.0 Å². The topological polar surface area (TPSA) is 66.1 Å². The van der Waals surface area contributed by atoms with E-state index in [1.807, 2.05) is 36.4 Å². The Morgan fingerprint density at radius 1 is 1.17 bits per heavy atom. The molecule has 0 atom stereocenters. The number of carbonyl (C=O) groups excluding carboxylic acids is 1. The van der Waals surface area contributed by atoms with E-state index in [1.54, 1.807) is 24.3 Å². The first-order chi connectivity index (χ1) is 11.2. The van der Waals surface area contributed by atoms with Crippen LogP contribution in [0.15, 0.2) is 71.7 Å². The second kappa shape index (κ2) is 6.32. The fourth-order valence-corrected chi connectivity index (χ4v) is 2.43. The molecule has 0 unspecified atom stereocenters. The summed E-state index contributed by atoms with van der Waals surface area (Å²) in [6.07, 6.45) is 2.43. The second-order valence-corrected chi connectivity index (χ2v) is 5.14. The smallest absolute Gasteiger partial charge is 0.261 e. The highest BCUT2D eigenvalue weighted by molar-refractivity contribution is 6.05. The van der Waals surface area contributed by atoms with Gasteiger partial charge in [0.1, 0.15) is 11.1 Å². The molecule has 0 aliphatic rings.